The van der Waals surface area contributed by atoms with Gasteiger partial charge in [-0.25, -0.2) is 0 Å². The number of hydrogen-bond acceptors (Lipinski definition) is 5. The number of ether oxygens (including phenoxy) is 1. The fourth-order valence-corrected chi connectivity index (χ4v) is 11.8. The highest BCUT2D eigenvalue weighted by molar-refractivity contribution is 5.76. The molecule has 0 aromatic carbocycles. The Hall–Kier alpha value is -1.40. The molecule has 0 fully saturated rings. The number of nitrogens with one attached hydrogen (secondary N) is 1. The summed E-state index contributed by atoms with van der Waals surface area (Å²) in [6.07, 6.45) is 85.6. The van der Waals surface area contributed by atoms with Gasteiger partial charge in [0.05, 0.1) is 25.4 Å². The summed E-state index contributed by atoms with van der Waals surface area (Å²) in [5.74, 6) is -0.00647. The topological polar surface area (TPSA) is 95.9 Å². The number of aliphatic hydroxyl groups excluding tert-OH is 2. The molecule has 0 aromatic heterocycles. The highest BCUT2D eigenvalue weighted by atomic mass is 16.5. The van der Waals surface area contributed by atoms with Crippen LogP contribution < -0.4 is 5.32 Å². The average molecular weight is 1110 g/mol. The second-order valence-electron chi connectivity index (χ2n) is 25.3. The number of rotatable bonds is 69. The molecule has 0 saturated carbocycles. The second-order valence-corrected chi connectivity index (χ2v) is 25.3. The Morgan fingerprint density at radius 2 is 0.595 bits per heavy atom. The van der Waals surface area contributed by atoms with Crippen LogP contribution in [0.15, 0.2) is 12.2 Å². The number of allylic oxidation sites excluding steroid dienone is 2. The molecule has 0 spiro atoms. The van der Waals surface area contributed by atoms with Gasteiger partial charge in [0, 0.05) is 12.8 Å². The zero-order valence-electron chi connectivity index (χ0n) is 53.9. The van der Waals surface area contributed by atoms with Crippen LogP contribution in [0.4, 0.5) is 0 Å². The van der Waals surface area contributed by atoms with Crippen LogP contribution in [0.3, 0.4) is 0 Å². The van der Waals surface area contributed by atoms with E-state index in [9.17, 15) is 19.8 Å². The molecule has 3 N–H and O–H groups in total. The van der Waals surface area contributed by atoms with Gasteiger partial charge in [0.15, 0.2) is 0 Å². The van der Waals surface area contributed by atoms with Gasteiger partial charge in [-0.1, -0.05) is 366 Å². The number of carbonyl (C=O) groups is 2. The van der Waals surface area contributed by atoms with E-state index < -0.39 is 12.1 Å². The molecular weight excluding hydrogens is 971 g/mol. The molecule has 79 heavy (non-hydrogen) atoms. The number of carbonyl (C=O) groups excluding carboxylic acids is 2. The molecule has 0 radical (unpaired) electrons. The van der Waals surface area contributed by atoms with E-state index in [0.717, 1.165) is 38.5 Å². The van der Waals surface area contributed by atoms with Crippen LogP contribution in [-0.4, -0.2) is 47.4 Å². The standard InChI is InChI=1S/C73H143NO5/c1-3-5-7-9-11-13-15-17-38-41-45-49-53-57-61-65-71(76)70(69-75)74-72(77)66-62-58-54-50-46-42-39-36-34-32-30-28-26-24-22-20-19-21-23-25-27-29-31-33-35-37-40-44-48-52-56-60-64-68-79-73(78)67-63-59-55-51-47-43-18-16-14-12-10-8-6-4-2/h23,25,70-71,75-76H,3-22,24,26-69H2,1-2H3,(H,74,77)/b25-23-. The maximum Gasteiger partial charge on any atom is 0.305 e. The molecule has 0 heterocycles. The fraction of sp³-hybridized carbons (Fsp3) is 0.945. The fourth-order valence-electron chi connectivity index (χ4n) is 11.8. The van der Waals surface area contributed by atoms with E-state index in [1.54, 1.807) is 0 Å². The highest BCUT2D eigenvalue weighted by Crippen LogP contribution is 2.19. The Balaban J connectivity index is 3.33. The monoisotopic (exact) mass is 1110 g/mol. The van der Waals surface area contributed by atoms with Crippen molar-refractivity contribution in [3.05, 3.63) is 12.2 Å². The van der Waals surface area contributed by atoms with Crippen molar-refractivity contribution in [1.29, 1.82) is 0 Å². The van der Waals surface area contributed by atoms with Crippen LogP contribution in [0.5, 0.6) is 0 Å². The summed E-state index contributed by atoms with van der Waals surface area (Å²) in [6, 6.07) is -0.538. The van der Waals surface area contributed by atoms with Crippen molar-refractivity contribution in [3.63, 3.8) is 0 Å². The maximum absolute atomic E-state index is 12.5. The third-order valence-corrected chi connectivity index (χ3v) is 17.3. The van der Waals surface area contributed by atoms with Crippen LogP contribution in [0, 0.1) is 0 Å². The quantitative estimate of drug-likeness (QED) is 0.0320. The van der Waals surface area contributed by atoms with Gasteiger partial charge in [0.1, 0.15) is 0 Å². The van der Waals surface area contributed by atoms with Crippen LogP contribution in [-0.2, 0) is 14.3 Å². The third kappa shape index (κ3) is 65.6. The summed E-state index contributed by atoms with van der Waals surface area (Å²) >= 11 is 0. The van der Waals surface area contributed by atoms with Crippen molar-refractivity contribution >= 4 is 11.9 Å². The Morgan fingerprint density at radius 3 is 0.899 bits per heavy atom. The number of hydrogen-bond donors (Lipinski definition) is 3. The zero-order chi connectivity index (χ0) is 57.1. The SMILES string of the molecule is CCCCCCCCCCCCCCCCCC(O)C(CO)NC(=O)CCCCCCCCCCCCCCCCCCC/C=C\CCCCCCCCCCCCCCOC(=O)CCCCCCCCCCCCCCCC. The molecule has 0 saturated heterocycles. The lowest BCUT2D eigenvalue weighted by molar-refractivity contribution is -0.143. The molecule has 1 amide bonds. The van der Waals surface area contributed by atoms with Crippen LogP contribution >= 0.6 is 0 Å². The molecule has 2 unspecified atom stereocenters. The Morgan fingerprint density at radius 1 is 0.342 bits per heavy atom. The van der Waals surface area contributed by atoms with Gasteiger partial charge in [-0.3, -0.25) is 9.59 Å². The van der Waals surface area contributed by atoms with Crippen LogP contribution in [0.2, 0.25) is 0 Å². The minimum absolute atomic E-state index is 0.0219. The van der Waals surface area contributed by atoms with Gasteiger partial charge >= 0.3 is 5.97 Å². The smallest absolute Gasteiger partial charge is 0.305 e. The van der Waals surface area contributed by atoms with E-state index in [1.165, 1.54) is 347 Å². The van der Waals surface area contributed by atoms with Crippen molar-refractivity contribution in [1.82, 2.24) is 5.32 Å². The molecule has 2 atom stereocenters. The molecule has 6 heteroatoms. The molecular formula is C73H143NO5. The lowest BCUT2D eigenvalue weighted by Gasteiger charge is -2.22. The lowest BCUT2D eigenvalue weighted by atomic mass is 10.0. The van der Waals surface area contributed by atoms with Gasteiger partial charge in [-0.15, -0.1) is 0 Å². The molecule has 0 aliphatic heterocycles. The van der Waals surface area contributed by atoms with Crippen molar-refractivity contribution in [3.8, 4) is 0 Å². The van der Waals surface area contributed by atoms with Crippen molar-refractivity contribution in [2.75, 3.05) is 13.2 Å². The van der Waals surface area contributed by atoms with Crippen LogP contribution in [0.25, 0.3) is 0 Å². The first-order valence-corrected chi connectivity index (χ1v) is 36.4. The maximum atomic E-state index is 12.5. The van der Waals surface area contributed by atoms with E-state index >= 15 is 0 Å². The van der Waals surface area contributed by atoms with Crippen LogP contribution in [0.1, 0.15) is 418 Å². The van der Waals surface area contributed by atoms with Gasteiger partial charge < -0.3 is 20.3 Å². The summed E-state index contributed by atoms with van der Waals surface area (Å²) in [4.78, 5) is 24.6. The average Bonchev–Trinajstić information content (AvgIpc) is 3.45. The summed E-state index contributed by atoms with van der Waals surface area (Å²) < 4.78 is 5.50. The van der Waals surface area contributed by atoms with E-state index in [0.29, 0.717) is 25.9 Å². The van der Waals surface area contributed by atoms with Crippen molar-refractivity contribution < 1.29 is 24.5 Å². The van der Waals surface area contributed by atoms with Gasteiger partial charge in [-0.05, 0) is 51.4 Å². The summed E-state index contributed by atoms with van der Waals surface area (Å²) in [7, 11) is 0. The first-order chi connectivity index (χ1) is 39.0. The van der Waals surface area contributed by atoms with Gasteiger partial charge in [0.2, 0.25) is 5.91 Å². The second kappa shape index (κ2) is 69.1. The Kier molecular flexibility index (Phi) is 67.9. The summed E-state index contributed by atoms with van der Waals surface area (Å²) in [5.41, 5.74) is 0. The molecule has 470 valence electrons. The number of esters is 1. The highest BCUT2D eigenvalue weighted by Gasteiger charge is 2.20. The van der Waals surface area contributed by atoms with E-state index in [4.69, 9.17) is 4.74 Å². The predicted octanol–water partition coefficient (Wildman–Crippen LogP) is 23.5. The van der Waals surface area contributed by atoms with Crippen molar-refractivity contribution in [2.24, 2.45) is 0 Å². The molecule has 0 rings (SSSR count). The number of amides is 1. The summed E-state index contributed by atoms with van der Waals surface area (Å²) in [5, 5.41) is 23.3. The largest absolute Gasteiger partial charge is 0.466 e. The first-order valence-electron chi connectivity index (χ1n) is 36.4. The molecule has 0 bridgehead atoms. The summed E-state index contributed by atoms with van der Waals surface area (Å²) in [6.45, 7) is 5.00. The van der Waals surface area contributed by atoms with E-state index in [2.05, 4.69) is 31.3 Å². The number of unbranched alkanes of at least 4 members (excludes halogenated alkanes) is 56. The molecule has 0 aliphatic carbocycles. The Bertz CT molecular complexity index is 1190. The third-order valence-electron chi connectivity index (χ3n) is 17.3. The minimum Gasteiger partial charge on any atom is -0.466 e. The molecule has 6 nitrogen and oxygen atoms in total. The van der Waals surface area contributed by atoms with Gasteiger partial charge in [-0.2, -0.15) is 0 Å². The van der Waals surface area contributed by atoms with Gasteiger partial charge in [0.25, 0.3) is 0 Å². The zero-order valence-corrected chi connectivity index (χ0v) is 53.9. The lowest BCUT2D eigenvalue weighted by Crippen LogP contribution is -2.45. The van der Waals surface area contributed by atoms with E-state index in [1.807, 2.05) is 0 Å². The molecule has 0 aromatic rings. The predicted molar refractivity (Wildman–Crippen MR) is 347 cm³/mol. The number of aliphatic hydroxyl groups is 2. The van der Waals surface area contributed by atoms with Crippen molar-refractivity contribution in [2.45, 2.75) is 431 Å². The minimum atomic E-state index is -0.661. The first kappa shape index (κ1) is 77.6. The van der Waals surface area contributed by atoms with E-state index in [-0.39, 0.29) is 18.5 Å². The molecule has 0 aliphatic rings. The normalized spacial score (nSPS) is 12.5. The Labute approximate surface area is 495 Å².